The Morgan fingerprint density at radius 1 is 1.33 bits per heavy atom. The van der Waals surface area contributed by atoms with Crippen molar-refractivity contribution in [2.24, 2.45) is 0 Å². The van der Waals surface area contributed by atoms with Crippen molar-refractivity contribution >= 4 is 27.0 Å². The second kappa shape index (κ2) is 2.83. The molecule has 0 aliphatic heterocycles. The van der Waals surface area contributed by atoms with Crippen molar-refractivity contribution in [3.63, 3.8) is 0 Å². The fourth-order valence-electron chi connectivity index (χ4n) is 1.07. The minimum Gasteiger partial charge on any atom is -0.255 e. The van der Waals surface area contributed by atoms with E-state index >= 15 is 0 Å². The van der Waals surface area contributed by atoms with Gasteiger partial charge in [0.05, 0.1) is 16.7 Å². The number of fused-ring (bicyclic) bond motifs is 1. The van der Waals surface area contributed by atoms with Crippen LogP contribution < -0.4 is 0 Å². The molecule has 60 valence electrons. The average molecular weight is 223 g/mol. The van der Waals surface area contributed by atoms with Crippen LogP contribution in [-0.4, -0.2) is 9.97 Å². The van der Waals surface area contributed by atoms with Crippen LogP contribution in [0.1, 0.15) is 5.69 Å². The molecule has 2 heterocycles. The van der Waals surface area contributed by atoms with Gasteiger partial charge in [0.25, 0.3) is 0 Å². The van der Waals surface area contributed by atoms with Crippen LogP contribution in [0, 0.1) is 6.92 Å². The first-order chi connectivity index (χ1) is 5.77. The predicted octanol–water partition coefficient (Wildman–Crippen LogP) is 2.70. The number of aryl methyl sites for hydroxylation is 1. The van der Waals surface area contributed by atoms with Crippen LogP contribution in [0.4, 0.5) is 0 Å². The summed E-state index contributed by atoms with van der Waals surface area (Å²) in [5.41, 5.74) is 2.86. The lowest BCUT2D eigenvalue weighted by molar-refractivity contribution is 1.21. The fraction of sp³-hybridized carbons (Fsp3) is 0.111. The maximum atomic E-state index is 4.37. The maximum absolute atomic E-state index is 4.37. The standard InChI is InChI=1S/C9H7BrN2/c1-6-7(10)5-9-8(12-6)3-2-4-11-9/h2-5H,1H3. The summed E-state index contributed by atoms with van der Waals surface area (Å²) in [6.45, 7) is 1.97. The molecule has 0 bridgehead atoms. The van der Waals surface area contributed by atoms with Gasteiger partial charge in [-0.1, -0.05) is 0 Å². The Bertz CT molecular complexity index is 385. The molecular formula is C9H7BrN2. The van der Waals surface area contributed by atoms with Gasteiger partial charge < -0.3 is 0 Å². The van der Waals surface area contributed by atoms with E-state index in [1.807, 2.05) is 25.1 Å². The van der Waals surface area contributed by atoms with Crippen molar-refractivity contribution in [1.29, 1.82) is 0 Å². The highest BCUT2D eigenvalue weighted by Crippen LogP contribution is 2.18. The molecule has 2 aromatic heterocycles. The molecule has 0 fully saturated rings. The molecule has 3 heteroatoms. The number of halogens is 1. The zero-order chi connectivity index (χ0) is 8.55. The van der Waals surface area contributed by atoms with Crippen molar-refractivity contribution in [2.45, 2.75) is 6.92 Å². The van der Waals surface area contributed by atoms with Crippen molar-refractivity contribution in [1.82, 2.24) is 9.97 Å². The largest absolute Gasteiger partial charge is 0.255 e. The maximum Gasteiger partial charge on any atom is 0.0898 e. The summed E-state index contributed by atoms with van der Waals surface area (Å²) in [4.78, 5) is 8.56. The van der Waals surface area contributed by atoms with Crippen LogP contribution in [0.2, 0.25) is 0 Å². The van der Waals surface area contributed by atoms with Crippen LogP contribution >= 0.6 is 15.9 Å². The van der Waals surface area contributed by atoms with E-state index in [0.717, 1.165) is 21.2 Å². The normalized spacial score (nSPS) is 10.5. The molecule has 0 unspecified atom stereocenters. The molecule has 0 saturated heterocycles. The van der Waals surface area contributed by atoms with Crippen molar-refractivity contribution in [3.8, 4) is 0 Å². The highest BCUT2D eigenvalue weighted by atomic mass is 79.9. The second-order valence-corrected chi connectivity index (χ2v) is 3.45. The molecule has 0 amide bonds. The van der Waals surface area contributed by atoms with Gasteiger partial charge in [0.1, 0.15) is 0 Å². The van der Waals surface area contributed by atoms with Crippen LogP contribution in [-0.2, 0) is 0 Å². The third-order valence-electron chi connectivity index (χ3n) is 1.71. The number of pyridine rings is 2. The first kappa shape index (κ1) is 7.68. The van der Waals surface area contributed by atoms with E-state index in [0.29, 0.717) is 0 Å². The van der Waals surface area contributed by atoms with E-state index in [1.165, 1.54) is 0 Å². The number of rotatable bonds is 0. The summed E-state index contributed by atoms with van der Waals surface area (Å²) in [7, 11) is 0. The van der Waals surface area contributed by atoms with Gasteiger partial charge in [0.15, 0.2) is 0 Å². The average Bonchev–Trinajstić information content (AvgIpc) is 2.07. The molecular weight excluding hydrogens is 216 g/mol. The molecule has 2 aromatic rings. The van der Waals surface area contributed by atoms with Crippen LogP contribution in [0.5, 0.6) is 0 Å². The van der Waals surface area contributed by atoms with E-state index in [2.05, 4.69) is 25.9 Å². The Balaban J connectivity index is 2.84. The van der Waals surface area contributed by atoms with E-state index in [4.69, 9.17) is 0 Å². The smallest absolute Gasteiger partial charge is 0.0898 e. The van der Waals surface area contributed by atoms with Gasteiger partial charge in [-0.25, -0.2) is 0 Å². The summed E-state index contributed by atoms with van der Waals surface area (Å²) in [5, 5.41) is 0. The summed E-state index contributed by atoms with van der Waals surface area (Å²) in [5.74, 6) is 0. The first-order valence-electron chi connectivity index (χ1n) is 3.65. The minimum absolute atomic E-state index is 0.926. The van der Waals surface area contributed by atoms with Crippen LogP contribution in [0.15, 0.2) is 28.9 Å². The van der Waals surface area contributed by atoms with E-state index < -0.39 is 0 Å². The van der Waals surface area contributed by atoms with Gasteiger partial charge in [0, 0.05) is 10.7 Å². The van der Waals surface area contributed by atoms with Crippen molar-refractivity contribution in [3.05, 3.63) is 34.6 Å². The Morgan fingerprint density at radius 3 is 3.00 bits per heavy atom. The molecule has 0 saturated carbocycles. The van der Waals surface area contributed by atoms with Gasteiger partial charge in [0.2, 0.25) is 0 Å². The molecule has 0 N–H and O–H groups in total. The number of nitrogens with zero attached hydrogens (tertiary/aromatic N) is 2. The van der Waals surface area contributed by atoms with Crippen LogP contribution in [0.3, 0.4) is 0 Å². The predicted molar refractivity (Wildman–Crippen MR) is 52.0 cm³/mol. The quantitative estimate of drug-likeness (QED) is 0.686. The fourth-order valence-corrected chi connectivity index (χ4v) is 1.38. The molecule has 0 spiro atoms. The van der Waals surface area contributed by atoms with E-state index in [9.17, 15) is 0 Å². The molecule has 0 atom stereocenters. The zero-order valence-electron chi connectivity index (χ0n) is 6.58. The Labute approximate surface area is 78.8 Å². The third kappa shape index (κ3) is 1.20. The van der Waals surface area contributed by atoms with Gasteiger partial charge in [-0.05, 0) is 41.1 Å². The van der Waals surface area contributed by atoms with Gasteiger partial charge in [-0.2, -0.15) is 0 Å². The third-order valence-corrected chi connectivity index (χ3v) is 2.52. The molecule has 2 nitrogen and oxygen atoms in total. The summed E-state index contributed by atoms with van der Waals surface area (Å²) < 4.78 is 1.01. The molecule has 0 aliphatic rings. The second-order valence-electron chi connectivity index (χ2n) is 2.60. The molecule has 0 radical (unpaired) electrons. The summed E-state index contributed by atoms with van der Waals surface area (Å²) in [6, 6.07) is 5.84. The Hall–Kier alpha value is -0.960. The molecule has 0 aliphatic carbocycles. The molecule has 2 rings (SSSR count). The zero-order valence-corrected chi connectivity index (χ0v) is 8.17. The SMILES string of the molecule is Cc1nc2cccnc2cc1Br. The van der Waals surface area contributed by atoms with E-state index in [1.54, 1.807) is 6.20 Å². The summed E-state index contributed by atoms with van der Waals surface area (Å²) in [6.07, 6.45) is 1.77. The minimum atomic E-state index is 0.926. The van der Waals surface area contributed by atoms with Crippen molar-refractivity contribution in [2.75, 3.05) is 0 Å². The van der Waals surface area contributed by atoms with Gasteiger partial charge in [-0.3, -0.25) is 9.97 Å². The lowest BCUT2D eigenvalue weighted by Crippen LogP contribution is -1.86. The number of aromatic nitrogens is 2. The van der Waals surface area contributed by atoms with Gasteiger partial charge in [-0.15, -0.1) is 0 Å². The first-order valence-corrected chi connectivity index (χ1v) is 4.44. The lowest BCUT2D eigenvalue weighted by Gasteiger charge is -1.99. The molecule has 0 aromatic carbocycles. The van der Waals surface area contributed by atoms with Crippen molar-refractivity contribution < 1.29 is 0 Å². The highest BCUT2D eigenvalue weighted by Gasteiger charge is 1.99. The molecule has 12 heavy (non-hydrogen) atoms. The lowest BCUT2D eigenvalue weighted by atomic mass is 10.3. The number of hydrogen-bond acceptors (Lipinski definition) is 2. The highest BCUT2D eigenvalue weighted by molar-refractivity contribution is 9.10. The number of hydrogen-bond donors (Lipinski definition) is 0. The Morgan fingerprint density at radius 2 is 2.17 bits per heavy atom. The van der Waals surface area contributed by atoms with E-state index in [-0.39, 0.29) is 0 Å². The van der Waals surface area contributed by atoms with Crippen LogP contribution in [0.25, 0.3) is 11.0 Å². The topological polar surface area (TPSA) is 25.8 Å². The Kier molecular flexibility index (Phi) is 1.81. The monoisotopic (exact) mass is 222 g/mol. The van der Waals surface area contributed by atoms with Gasteiger partial charge >= 0.3 is 0 Å². The summed E-state index contributed by atoms with van der Waals surface area (Å²) >= 11 is 3.41.